The number of aryl methyl sites for hydroxylation is 2. The Bertz CT molecular complexity index is 601. The van der Waals surface area contributed by atoms with E-state index in [9.17, 15) is 0 Å². The van der Waals surface area contributed by atoms with Crippen molar-refractivity contribution in [3.8, 4) is 5.75 Å². The lowest BCUT2D eigenvalue weighted by Crippen LogP contribution is -2.10. The molecule has 2 aromatic rings. The third-order valence-electron chi connectivity index (χ3n) is 3.48. The minimum Gasteiger partial charge on any atom is -0.494 e. The average molecular weight is 348 g/mol. The lowest BCUT2D eigenvalue weighted by Gasteiger charge is -2.21. The Labute approximate surface area is 135 Å². The maximum absolute atomic E-state index is 5.72. The van der Waals surface area contributed by atoms with Crippen molar-refractivity contribution in [3.05, 3.63) is 57.6 Å². The van der Waals surface area contributed by atoms with Crippen molar-refractivity contribution < 1.29 is 4.74 Å². The van der Waals surface area contributed by atoms with Crippen LogP contribution in [0.25, 0.3) is 0 Å². The molecule has 0 amide bonds. The van der Waals surface area contributed by atoms with E-state index >= 15 is 0 Å². The van der Waals surface area contributed by atoms with E-state index in [1.807, 2.05) is 25.1 Å². The number of ether oxygens (including phenoxy) is 1. The van der Waals surface area contributed by atoms with E-state index in [0.717, 1.165) is 15.9 Å². The lowest BCUT2D eigenvalue weighted by atomic mass is 10.1. The van der Waals surface area contributed by atoms with Gasteiger partial charge < -0.3 is 10.1 Å². The molecule has 0 aromatic heterocycles. The Morgan fingerprint density at radius 2 is 1.90 bits per heavy atom. The molecule has 0 aliphatic rings. The first-order valence-electron chi connectivity index (χ1n) is 7.28. The Kier molecular flexibility index (Phi) is 5.29. The molecule has 0 aliphatic carbocycles. The molecule has 0 heterocycles. The number of nitrogens with one attached hydrogen (secondary N) is 1. The van der Waals surface area contributed by atoms with Crippen molar-refractivity contribution in [1.82, 2.24) is 0 Å². The van der Waals surface area contributed by atoms with Crippen LogP contribution in [0.5, 0.6) is 5.75 Å². The predicted molar refractivity (Wildman–Crippen MR) is 93.3 cm³/mol. The van der Waals surface area contributed by atoms with Gasteiger partial charge in [0.25, 0.3) is 0 Å². The van der Waals surface area contributed by atoms with Gasteiger partial charge in [0.1, 0.15) is 5.75 Å². The van der Waals surface area contributed by atoms with E-state index in [4.69, 9.17) is 4.74 Å². The second-order valence-corrected chi connectivity index (χ2v) is 6.13. The zero-order valence-electron chi connectivity index (χ0n) is 13.0. The second kappa shape index (κ2) is 6.99. The largest absolute Gasteiger partial charge is 0.494 e. The monoisotopic (exact) mass is 347 g/mol. The normalized spacial score (nSPS) is 12.0. The van der Waals surface area contributed by atoms with Gasteiger partial charge in [-0.15, -0.1) is 0 Å². The molecule has 0 saturated carbocycles. The molecule has 0 aliphatic heterocycles. The second-order valence-electron chi connectivity index (χ2n) is 5.28. The fourth-order valence-corrected chi connectivity index (χ4v) is 3.31. The van der Waals surface area contributed by atoms with Crippen LogP contribution < -0.4 is 10.1 Å². The molecule has 1 atom stereocenters. The molecule has 21 heavy (non-hydrogen) atoms. The summed E-state index contributed by atoms with van der Waals surface area (Å²) in [5.41, 5.74) is 4.81. The number of rotatable bonds is 5. The van der Waals surface area contributed by atoms with Crippen LogP contribution in [-0.2, 0) is 0 Å². The van der Waals surface area contributed by atoms with Crippen LogP contribution in [0.3, 0.4) is 0 Å². The fourth-order valence-electron chi connectivity index (χ4n) is 2.52. The van der Waals surface area contributed by atoms with Crippen LogP contribution >= 0.6 is 15.9 Å². The van der Waals surface area contributed by atoms with Crippen molar-refractivity contribution in [2.45, 2.75) is 33.7 Å². The Morgan fingerprint density at radius 3 is 2.57 bits per heavy atom. The smallest absolute Gasteiger partial charge is 0.124 e. The Morgan fingerprint density at radius 1 is 1.19 bits per heavy atom. The van der Waals surface area contributed by atoms with Gasteiger partial charge in [-0.25, -0.2) is 0 Å². The molecule has 3 heteroatoms. The number of anilines is 1. The molecule has 0 spiro atoms. The van der Waals surface area contributed by atoms with Crippen LogP contribution in [0.15, 0.2) is 40.9 Å². The van der Waals surface area contributed by atoms with Gasteiger partial charge in [0.15, 0.2) is 0 Å². The maximum atomic E-state index is 5.72. The van der Waals surface area contributed by atoms with Crippen LogP contribution in [0.1, 0.15) is 36.6 Å². The molecule has 0 saturated heterocycles. The number of hydrogen-bond acceptors (Lipinski definition) is 2. The van der Waals surface area contributed by atoms with Crippen LogP contribution in [0, 0.1) is 13.8 Å². The third-order valence-corrected chi connectivity index (χ3v) is 4.10. The SMILES string of the molecule is CCOc1ccccc1C(C)Nc1c(C)cc(C)cc1Br. The summed E-state index contributed by atoms with van der Waals surface area (Å²) in [7, 11) is 0. The van der Waals surface area contributed by atoms with Gasteiger partial charge in [-0.2, -0.15) is 0 Å². The van der Waals surface area contributed by atoms with E-state index in [1.54, 1.807) is 0 Å². The summed E-state index contributed by atoms with van der Waals surface area (Å²) in [5, 5.41) is 3.59. The number of halogens is 1. The molecular weight excluding hydrogens is 326 g/mol. The van der Waals surface area contributed by atoms with E-state index in [2.05, 4.69) is 60.2 Å². The standard InChI is InChI=1S/C18H22BrNO/c1-5-21-17-9-7-6-8-15(17)14(4)20-18-13(3)10-12(2)11-16(18)19/h6-11,14,20H,5H2,1-4H3. The first-order valence-corrected chi connectivity index (χ1v) is 8.07. The number of para-hydroxylation sites is 1. The van der Waals surface area contributed by atoms with Crippen LogP contribution in [0.2, 0.25) is 0 Å². The molecule has 112 valence electrons. The molecule has 2 rings (SSSR count). The zero-order chi connectivity index (χ0) is 15.4. The minimum atomic E-state index is 0.172. The van der Waals surface area contributed by atoms with Crippen molar-refractivity contribution in [3.63, 3.8) is 0 Å². The fraction of sp³-hybridized carbons (Fsp3) is 0.333. The summed E-state index contributed by atoms with van der Waals surface area (Å²) in [5.74, 6) is 0.945. The van der Waals surface area contributed by atoms with Gasteiger partial charge in [-0.1, -0.05) is 24.3 Å². The van der Waals surface area contributed by atoms with E-state index < -0.39 is 0 Å². The van der Waals surface area contributed by atoms with Gasteiger partial charge >= 0.3 is 0 Å². The molecule has 2 aromatic carbocycles. The van der Waals surface area contributed by atoms with Crippen molar-refractivity contribution >= 4 is 21.6 Å². The maximum Gasteiger partial charge on any atom is 0.124 e. The Balaban J connectivity index is 2.28. The molecular formula is C18H22BrNO. The molecule has 0 radical (unpaired) electrons. The first-order chi connectivity index (χ1) is 10.0. The van der Waals surface area contributed by atoms with Gasteiger partial charge in [-0.05, 0) is 66.9 Å². The predicted octanol–water partition coefficient (Wildman–Crippen LogP) is 5.64. The highest BCUT2D eigenvalue weighted by atomic mass is 79.9. The van der Waals surface area contributed by atoms with Crippen LogP contribution in [0.4, 0.5) is 5.69 Å². The lowest BCUT2D eigenvalue weighted by molar-refractivity contribution is 0.335. The highest BCUT2D eigenvalue weighted by Gasteiger charge is 2.13. The molecule has 0 fully saturated rings. The summed E-state index contributed by atoms with van der Waals surface area (Å²) in [6.45, 7) is 9.08. The van der Waals surface area contributed by atoms with Crippen LogP contribution in [-0.4, -0.2) is 6.61 Å². The molecule has 1 unspecified atom stereocenters. The minimum absolute atomic E-state index is 0.172. The summed E-state index contributed by atoms with van der Waals surface area (Å²) in [6.07, 6.45) is 0. The van der Waals surface area contributed by atoms with E-state index in [1.165, 1.54) is 16.7 Å². The molecule has 2 nitrogen and oxygen atoms in total. The topological polar surface area (TPSA) is 21.3 Å². The highest BCUT2D eigenvalue weighted by Crippen LogP contribution is 2.33. The third kappa shape index (κ3) is 3.79. The van der Waals surface area contributed by atoms with Crippen molar-refractivity contribution in [2.24, 2.45) is 0 Å². The zero-order valence-corrected chi connectivity index (χ0v) is 14.6. The van der Waals surface area contributed by atoms with Gasteiger partial charge in [-0.3, -0.25) is 0 Å². The average Bonchev–Trinajstić information content (AvgIpc) is 2.43. The summed E-state index contributed by atoms with van der Waals surface area (Å²) in [4.78, 5) is 0. The van der Waals surface area contributed by atoms with Gasteiger partial charge in [0, 0.05) is 10.0 Å². The number of hydrogen-bond donors (Lipinski definition) is 1. The number of benzene rings is 2. The van der Waals surface area contributed by atoms with E-state index in [-0.39, 0.29) is 6.04 Å². The summed E-state index contributed by atoms with van der Waals surface area (Å²) < 4.78 is 6.82. The molecule has 1 N–H and O–H groups in total. The van der Waals surface area contributed by atoms with Gasteiger partial charge in [0.2, 0.25) is 0 Å². The Hall–Kier alpha value is -1.48. The van der Waals surface area contributed by atoms with E-state index in [0.29, 0.717) is 6.61 Å². The first kappa shape index (κ1) is 15.9. The summed E-state index contributed by atoms with van der Waals surface area (Å²) in [6, 6.07) is 12.7. The van der Waals surface area contributed by atoms with Crippen molar-refractivity contribution in [2.75, 3.05) is 11.9 Å². The highest BCUT2D eigenvalue weighted by molar-refractivity contribution is 9.10. The molecule has 0 bridgehead atoms. The summed E-state index contributed by atoms with van der Waals surface area (Å²) >= 11 is 3.65. The quantitative estimate of drug-likeness (QED) is 0.755. The van der Waals surface area contributed by atoms with Gasteiger partial charge in [0.05, 0.1) is 18.3 Å². The van der Waals surface area contributed by atoms with Crippen molar-refractivity contribution in [1.29, 1.82) is 0 Å².